The summed E-state index contributed by atoms with van der Waals surface area (Å²) in [6.45, 7) is 0. The highest BCUT2D eigenvalue weighted by atomic mass is 32.1. The van der Waals surface area contributed by atoms with Crippen LogP contribution in [0.15, 0.2) is 164 Å². The molecule has 1 aliphatic heterocycles. The molecule has 0 saturated carbocycles. The summed E-state index contributed by atoms with van der Waals surface area (Å²) in [5.41, 5.74) is 10.3. The summed E-state index contributed by atoms with van der Waals surface area (Å²) in [6.07, 6.45) is 0. The molecule has 46 heavy (non-hydrogen) atoms. The zero-order chi connectivity index (χ0) is 30.2. The molecular weight excluding hydrogens is 579 g/mol. The Kier molecular flexibility index (Phi) is 5.40. The molecule has 0 fully saturated rings. The lowest BCUT2D eigenvalue weighted by atomic mass is 9.66. The maximum Gasteiger partial charge on any atom is 0.150 e. The van der Waals surface area contributed by atoms with Crippen LogP contribution in [0.4, 0.5) is 17.1 Å². The minimum Gasteiger partial charge on any atom is -0.455 e. The van der Waals surface area contributed by atoms with Crippen molar-refractivity contribution in [2.75, 3.05) is 4.90 Å². The first-order chi connectivity index (χ1) is 22.8. The number of fused-ring (bicyclic) bond motifs is 13. The number of thiophene rings is 1. The second kappa shape index (κ2) is 9.68. The average Bonchev–Trinajstić information content (AvgIpc) is 3.64. The zero-order valence-electron chi connectivity index (χ0n) is 24.9. The molecule has 2 aliphatic rings. The first-order valence-corrected chi connectivity index (χ1v) is 16.5. The van der Waals surface area contributed by atoms with Crippen molar-refractivity contribution in [3.05, 3.63) is 186 Å². The SMILES string of the molecule is c1ccc(N(c2ccccc2)c2ccc3c(c2)C2(c4ccccc4Oc4c2ccc2c4sc4ccccc42)c2ccccc2-3)cc1. The molecule has 0 N–H and O–H groups in total. The van der Waals surface area contributed by atoms with Crippen LogP contribution in [0.25, 0.3) is 31.3 Å². The highest BCUT2D eigenvalue weighted by Crippen LogP contribution is 2.64. The first kappa shape index (κ1) is 25.7. The maximum atomic E-state index is 6.95. The summed E-state index contributed by atoms with van der Waals surface area (Å²) in [5.74, 6) is 1.88. The van der Waals surface area contributed by atoms with E-state index in [0.29, 0.717) is 0 Å². The van der Waals surface area contributed by atoms with Crippen molar-refractivity contribution in [1.29, 1.82) is 0 Å². The van der Waals surface area contributed by atoms with E-state index in [9.17, 15) is 0 Å². The van der Waals surface area contributed by atoms with E-state index in [1.165, 1.54) is 53.6 Å². The predicted octanol–water partition coefficient (Wildman–Crippen LogP) is 12.0. The summed E-state index contributed by atoms with van der Waals surface area (Å²) in [7, 11) is 0. The van der Waals surface area contributed by atoms with Crippen molar-refractivity contribution >= 4 is 48.6 Å². The fourth-order valence-electron chi connectivity index (χ4n) is 7.87. The van der Waals surface area contributed by atoms with Crippen LogP contribution in [0.2, 0.25) is 0 Å². The summed E-state index contributed by atoms with van der Waals surface area (Å²) in [6, 6.07) is 59.3. The van der Waals surface area contributed by atoms with E-state index in [0.717, 1.165) is 28.6 Å². The minimum absolute atomic E-state index is 0.546. The Morgan fingerprint density at radius 3 is 1.91 bits per heavy atom. The van der Waals surface area contributed by atoms with Gasteiger partial charge in [-0.15, -0.1) is 11.3 Å². The van der Waals surface area contributed by atoms with Crippen molar-refractivity contribution in [2.45, 2.75) is 5.41 Å². The highest BCUT2D eigenvalue weighted by molar-refractivity contribution is 7.26. The Hall–Kier alpha value is -5.64. The molecule has 0 saturated heterocycles. The lowest BCUT2D eigenvalue weighted by Crippen LogP contribution is -2.32. The van der Waals surface area contributed by atoms with E-state index >= 15 is 0 Å². The topological polar surface area (TPSA) is 12.5 Å². The van der Waals surface area contributed by atoms with Crippen LogP contribution < -0.4 is 9.64 Å². The van der Waals surface area contributed by atoms with Crippen molar-refractivity contribution in [2.24, 2.45) is 0 Å². The van der Waals surface area contributed by atoms with E-state index in [1.807, 2.05) is 11.3 Å². The lowest BCUT2D eigenvalue weighted by Gasteiger charge is -2.40. The monoisotopic (exact) mass is 605 g/mol. The van der Waals surface area contributed by atoms with E-state index in [-0.39, 0.29) is 0 Å². The zero-order valence-corrected chi connectivity index (χ0v) is 25.7. The molecule has 3 heteroatoms. The van der Waals surface area contributed by atoms with Gasteiger partial charge in [-0.25, -0.2) is 0 Å². The molecule has 0 bridgehead atoms. The van der Waals surface area contributed by atoms with Crippen molar-refractivity contribution in [3.8, 4) is 22.6 Å². The standard InChI is InChI=1S/C43H27NOS/c1-3-13-28(14-4-1)44(29-15-5-2-6-16-29)30-23-24-32-31-17-7-9-19-35(31)43(38(32)27-30)36-20-10-11-21-39(36)45-41-37(43)26-25-34-33-18-8-12-22-40(33)46-42(34)41/h1-27H. The van der Waals surface area contributed by atoms with Gasteiger partial charge in [-0.1, -0.05) is 115 Å². The van der Waals surface area contributed by atoms with Crippen LogP contribution >= 0.6 is 11.3 Å². The molecule has 7 aromatic carbocycles. The molecule has 216 valence electrons. The van der Waals surface area contributed by atoms with Crippen LogP contribution in [-0.2, 0) is 5.41 Å². The number of para-hydroxylation sites is 3. The quantitative estimate of drug-likeness (QED) is 0.199. The Balaban J connectivity index is 1.32. The average molecular weight is 606 g/mol. The molecular formula is C43H27NOS. The van der Waals surface area contributed by atoms with Gasteiger partial charge in [0.1, 0.15) is 11.5 Å². The summed E-state index contributed by atoms with van der Waals surface area (Å²) in [5, 5.41) is 2.52. The van der Waals surface area contributed by atoms with Crippen molar-refractivity contribution in [3.63, 3.8) is 0 Å². The normalized spacial score (nSPS) is 15.7. The molecule has 1 atom stereocenters. The largest absolute Gasteiger partial charge is 0.455 e. The van der Waals surface area contributed by atoms with Gasteiger partial charge in [0, 0.05) is 43.7 Å². The number of rotatable bonds is 3. The molecule has 10 rings (SSSR count). The number of hydrogen-bond acceptors (Lipinski definition) is 3. The van der Waals surface area contributed by atoms with Gasteiger partial charge >= 0.3 is 0 Å². The maximum absolute atomic E-state index is 6.95. The fraction of sp³-hybridized carbons (Fsp3) is 0.0233. The Morgan fingerprint density at radius 1 is 0.457 bits per heavy atom. The van der Waals surface area contributed by atoms with Gasteiger partial charge in [-0.05, 0) is 70.8 Å². The molecule has 0 radical (unpaired) electrons. The number of ether oxygens (including phenoxy) is 1. The van der Waals surface area contributed by atoms with Gasteiger partial charge < -0.3 is 9.64 Å². The third-order valence-corrected chi connectivity index (χ3v) is 10.9. The van der Waals surface area contributed by atoms with Crippen LogP contribution in [0.3, 0.4) is 0 Å². The number of anilines is 3. The van der Waals surface area contributed by atoms with Crippen LogP contribution in [0, 0.1) is 0 Å². The fourth-order valence-corrected chi connectivity index (χ4v) is 9.06. The summed E-state index contributed by atoms with van der Waals surface area (Å²) in [4.78, 5) is 2.36. The van der Waals surface area contributed by atoms with Gasteiger partial charge in [0.05, 0.1) is 10.1 Å². The summed E-state index contributed by atoms with van der Waals surface area (Å²) >= 11 is 1.83. The van der Waals surface area contributed by atoms with Crippen molar-refractivity contribution in [1.82, 2.24) is 0 Å². The van der Waals surface area contributed by atoms with Gasteiger partial charge in [-0.3, -0.25) is 0 Å². The Bertz CT molecular complexity index is 2420. The Labute approximate surface area is 271 Å². The van der Waals surface area contributed by atoms with E-state index in [2.05, 4.69) is 169 Å². The molecule has 8 aromatic rings. The van der Waals surface area contributed by atoms with Crippen molar-refractivity contribution < 1.29 is 4.74 Å². The number of nitrogens with zero attached hydrogens (tertiary/aromatic N) is 1. The molecule has 1 spiro atoms. The minimum atomic E-state index is -0.546. The van der Waals surface area contributed by atoms with Gasteiger partial charge in [0.25, 0.3) is 0 Å². The third kappa shape index (κ3) is 3.41. The van der Waals surface area contributed by atoms with E-state index in [1.54, 1.807) is 0 Å². The number of benzene rings is 7. The third-order valence-electron chi connectivity index (χ3n) is 9.72. The molecule has 1 aliphatic carbocycles. The lowest BCUT2D eigenvalue weighted by molar-refractivity contribution is 0.442. The molecule has 0 amide bonds. The summed E-state index contributed by atoms with van der Waals surface area (Å²) < 4.78 is 9.43. The van der Waals surface area contributed by atoms with Gasteiger partial charge in [0.2, 0.25) is 0 Å². The van der Waals surface area contributed by atoms with E-state index < -0.39 is 5.41 Å². The van der Waals surface area contributed by atoms with Gasteiger partial charge in [-0.2, -0.15) is 0 Å². The smallest absolute Gasteiger partial charge is 0.150 e. The number of hydrogen-bond donors (Lipinski definition) is 0. The molecule has 2 nitrogen and oxygen atoms in total. The van der Waals surface area contributed by atoms with Crippen LogP contribution in [0.5, 0.6) is 11.5 Å². The van der Waals surface area contributed by atoms with Crippen LogP contribution in [0.1, 0.15) is 22.3 Å². The van der Waals surface area contributed by atoms with Crippen LogP contribution in [-0.4, -0.2) is 0 Å². The van der Waals surface area contributed by atoms with Gasteiger partial charge in [0.15, 0.2) is 0 Å². The Morgan fingerprint density at radius 2 is 1.11 bits per heavy atom. The first-order valence-electron chi connectivity index (χ1n) is 15.7. The second-order valence-electron chi connectivity index (χ2n) is 12.0. The molecule has 1 unspecified atom stereocenters. The predicted molar refractivity (Wildman–Crippen MR) is 191 cm³/mol. The second-order valence-corrected chi connectivity index (χ2v) is 13.1. The van der Waals surface area contributed by atoms with E-state index in [4.69, 9.17) is 4.74 Å². The molecule has 2 heterocycles. The highest BCUT2D eigenvalue weighted by Gasteiger charge is 2.51. The molecule has 1 aromatic heterocycles.